The van der Waals surface area contributed by atoms with Crippen molar-refractivity contribution in [2.24, 2.45) is 0 Å². The third kappa shape index (κ3) is 4.30. The number of rotatable bonds is 7. The van der Waals surface area contributed by atoms with Gasteiger partial charge in [0.1, 0.15) is 12.4 Å². The average molecular weight is 468 g/mol. The van der Waals surface area contributed by atoms with E-state index in [0.717, 1.165) is 9.21 Å². The Bertz CT molecular complexity index is 1340. The fourth-order valence-corrected chi connectivity index (χ4v) is 4.33. The minimum absolute atomic E-state index is 0.00861. The predicted molar refractivity (Wildman–Crippen MR) is 116 cm³/mol. The van der Waals surface area contributed by atoms with Crippen LogP contribution in [0.3, 0.4) is 0 Å². The van der Waals surface area contributed by atoms with E-state index < -0.39 is 27.8 Å². The van der Waals surface area contributed by atoms with Crippen LogP contribution in [-0.4, -0.2) is 49.5 Å². The highest BCUT2D eigenvalue weighted by atomic mass is 32.2. The first-order chi connectivity index (χ1) is 15.7. The second-order valence-electron chi connectivity index (χ2n) is 7.55. The molecule has 0 radical (unpaired) electrons. The molecule has 1 aliphatic heterocycles. The van der Waals surface area contributed by atoms with Gasteiger partial charge in [0.2, 0.25) is 10.0 Å². The van der Waals surface area contributed by atoms with E-state index in [-0.39, 0.29) is 34.7 Å². The summed E-state index contributed by atoms with van der Waals surface area (Å²) in [6.45, 7) is -0.171. The van der Waals surface area contributed by atoms with E-state index in [4.69, 9.17) is 9.15 Å². The van der Waals surface area contributed by atoms with Gasteiger partial charge in [0.25, 0.3) is 11.8 Å². The maximum Gasteiger partial charge on any atom is 0.338 e. The van der Waals surface area contributed by atoms with E-state index in [1.165, 1.54) is 50.7 Å². The van der Waals surface area contributed by atoms with Crippen LogP contribution in [0.1, 0.15) is 42.4 Å². The Balaban J connectivity index is 1.48. The van der Waals surface area contributed by atoms with Crippen LogP contribution in [-0.2, 0) is 27.9 Å². The zero-order valence-corrected chi connectivity index (χ0v) is 18.7. The summed E-state index contributed by atoms with van der Waals surface area (Å²) in [6, 6.07) is 13.6. The SMILES string of the molecule is CN(C)S(=O)(=O)c1cccc(COC(=O)c2ccc3c(c2)C(=O)N(Cc2ccco2)C3=O)c1. The fraction of sp³-hybridized carbons (Fsp3) is 0.174. The number of carbonyl (C=O) groups excluding carboxylic acids is 3. The first-order valence-corrected chi connectivity index (χ1v) is 11.3. The van der Waals surface area contributed by atoms with Gasteiger partial charge < -0.3 is 9.15 Å². The van der Waals surface area contributed by atoms with Gasteiger partial charge in [0.05, 0.1) is 34.4 Å². The number of carbonyl (C=O) groups is 3. The average Bonchev–Trinajstić information content (AvgIpc) is 3.40. The van der Waals surface area contributed by atoms with Gasteiger partial charge >= 0.3 is 5.97 Å². The van der Waals surface area contributed by atoms with Crippen LogP contribution in [0.25, 0.3) is 0 Å². The molecule has 0 atom stereocenters. The van der Waals surface area contributed by atoms with Gasteiger partial charge in [-0.05, 0) is 48.0 Å². The second-order valence-corrected chi connectivity index (χ2v) is 9.70. The summed E-state index contributed by atoms with van der Waals surface area (Å²) in [5, 5.41) is 0. The third-order valence-electron chi connectivity index (χ3n) is 5.15. The molecule has 1 aliphatic rings. The fourth-order valence-electron chi connectivity index (χ4n) is 3.36. The molecule has 0 saturated carbocycles. The van der Waals surface area contributed by atoms with Crippen LogP contribution in [0.15, 0.2) is 70.2 Å². The van der Waals surface area contributed by atoms with Gasteiger partial charge in [0, 0.05) is 14.1 Å². The maximum atomic E-state index is 12.7. The summed E-state index contributed by atoms with van der Waals surface area (Å²) in [4.78, 5) is 39.0. The summed E-state index contributed by atoms with van der Waals surface area (Å²) < 4.78 is 36.2. The molecule has 0 saturated heterocycles. The number of furan rings is 1. The van der Waals surface area contributed by atoms with Crippen LogP contribution in [0.2, 0.25) is 0 Å². The topological polar surface area (TPSA) is 114 Å². The Morgan fingerprint density at radius 3 is 2.45 bits per heavy atom. The highest BCUT2D eigenvalue weighted by Gasteiger charge is 2.36. The van der Waals surface area contributed by atoms with E-state index in [2.05, 4.69) is 0 Å². The zero-order valence-electron chi connectivity index (χ0n) is 17.8. The number of nitrogens with zero attached hydrogens (tertiary/aromatic N) is 2. The third-order valence-corrected chi connectivity index (χ3v) is 6.96. The summed E-state index contributed by atoms with van der Waals surface area (Å²) in [6.07, 6.45) is 1.45. The Morgan fingerprint density at radius 2 is 1.76 bits per heavy atom. The molecule has 0 fully saturated rings. The number of fused-ring (bicyclic) bond motifs is 1. The smallest absolute Gasteiger partial charge is 0.338 e. The van der Waals surface area contributed by atoms with Gasteiger partial charge in [-0.3, -0.25) is 14.5 Å². The maximum absolute atomic E-state index is 12.7. The number of sulfonamides is 1. The number of hydrogen-bond acceptors (Lipinski definition) is 7. The number of benzene rings is 2. The molecule has 3 aromatic rings. The minimum Gasteiger partial charge on any atom is -0.467 e. The van der Waals surface area contributed by atoms with Crippen molar-refractivity contribution in [1.29, 1.82) is 0 Å². The number of ether oxygens (including phenoxy) is 1. The highest BCUT2D eigenvalue weighted by molar-refractivity contribution is 7.89. The van der Waals surface area contributed by atoms with Crippen LogP contribution >= 0.6 is 0 Å². The molecule has 2 heterocycles. The molecule has 0 unspecified atom stereocenters. The standard InChI is InChI=1S/C23H20N2O7S/c1-24(2)33(29,30)18-7-3-5-15(11-18)14-32-23(28)16-8-9-19-20(12-16)22(27)25(21(19)26)13-17-6-4-10-31-17/h3-12H,13-14H2,1-2H3. The normalized spacial score (nSPS) is 13.5. The first-order valence-electron chi connectivity index (χ1n) is 9.89. The van der Waals surface area contributed by atoms with Crippen molar-refractivity contribution >= 4 is 27.8 Å². The van der Waals surface area contributed by atoms with Crippen molar-refractivity contribution in [3.63, 3.8) is 0 Å². The van der Waals surface area contributed by atoms with E-state index in [1.807, 2.05) is 0 Å². The summed E-state index contributed by atoms with van der Waals surface area (Å²) in [5.41, 5.74) is 0.903. The van der Waals surface area contributed by atoms with Crippen LogP contribution in [0, 0.1) is 0 Å². The Hall–Kier alpha value is -3.76. The molecule has 1 aromatic heterocycles. The summed E-state index contributed by atoms with van der Waals surface area (Å²) in [7, 11) is -0.764. The molecule has 33 heavy (non-hydrogen) atoms. The number of amides is 2. The molecule has 0 N–H and O–H groups in total. The number of imide groups is 1. The second kappa shape index (κ2) is 8.64. The van der Waals surface area contributed by atoms with Crippen molar-refractivity contribution in [2.45, 2.75) is 18.0 Å². The lowest BCUT2D eigenvalue weighted by Crippen LogP contribution is -2.28. The largest absolute Gasteiger partial charge is 0.467 e. The van der Waals surface area contributed by atoms with E-state index >= 15 is 0 Å². The minimum atomic E-state index is -3.62. The van der Waals surface area contributed by atoms with Crippen LogP contribution < -0.4 is 0 Å². The Labute approximate surface area is 190 Å². The predicted octanol–water partition coefficient (Wildman–Crippen LogP) is 2.68. The zero-order chi connectivity index (χ0) is 23.8. The summed E-state index contributed by atoms with van der Waals surface area (Å²) in [5.74, 6) is -1.24. The van der Waals surface area contributed by atoms with E-state index in [0.29, 0.717) is 11.3 Å². The van der Waals surface area contributed by atoms with Crippen molar-refractivity contribution in [3.8, 4) is 0 Å². The Kier molecular flexibility index (Phi) is 5.88. The summed E-state index contributed by atoms with van der Waals surface area (Å²) >= 11 is 0. The van der Waals surface area contributed by atoms with Crippen LogP contribution in [0.5, 0.6) is 0 Å². The molecule has 0 spiro atoms. The van der Waals surface area contributed by atoms with Gasteiger partial charge in [-0.1, -0.05) is 12.1 Å². The van der Waals surface area contributed by atoms with E-state index in [1.54, 1.807) is 24.3 Å². The molecular formula is C23H20N2O7S. The Morgan fingerprint density at radius 1 is 1.00 bits per heavy atom. The monoisotopic (exact) mass is 468 g/mol. The van der Waals surface area contributed by atoms with Gasteiger partial charge in [-0.15, -0.1) is 0 Å². The lowest BCUT2D eigenvalue weighted by molar-refractivity contribution is 0.0472. The number of hydrogen-bond donors (Lipinski definition) is 0. The van der Waals surface area contributed by atoms with Crippen LogP contribution in [0.4, 0.5) is 0 Å². The highest BCUT2D eigenvalue weighted by Crippen LogP contribution is 2.26. The molecule has 2 amide bonds. The lowest BCUT2D eigenvalue weighted by Gasteiger charge is -2.12. The molecule has 4 rings (SSSR count). The van der Waals surface area contributed by atoms with Crippen molar-refractivity contribution in [1.82, 2.24) is 9.21 Å². The van der Waals surface area contributed by atoms with E-state index in [9.17, 15) is 22.8 Å². The van der Waals surface area contributed by atoms with Gasteiger partial charge in [0.15, 0.2) is 0 Å². The molecule has 0 bridgehead atoms. The van der Waals surface area contributed by atoms with Gasteiger partial charge in [-0.25, -0.2) is 17.5 Å². The van der Waals surface area contributed by atoms with Crippen molar-refractivity contribution in [2.75, 3.05) is 14.1 Å². The molecule has 170 valence electrons. The molecule has 10 heteroatoms. The molecular weight excluding hydrogens is 448 g/mol. The molecule has 9 nitrogen and oxygen atoms in total. The quantitative estimate of drug-likeness (QED) is 0.387. The number of esters is 1. The molecule has 0 aliphatic carbocycles. The lowest BCUT2D eigenvalue weighted by atomic mass is 10.1. The van der Waals surface area contributed by atoms with Gasteiger partial charge in [-0.2, -0.15) is 0 Å². The first kappa shape index (κ1) is 22.4. The van der Waals surface area contributed by atoms with Crippen molar-refractivity contribution < 1.29 is 32.0 Å². The van der Waals surface area contributed by atoms with Crippen molar-refractivity contribution in [3.05, 3.63) is 88.9 Å². The molecule has 2 aromatic carbocycles.